The number of carbonyl (C=O) groups excluding carboxylic acids is 1. The van der Waals surface area contributed by atoms with E-state index in [1.54, 1.807) is 18.2 Å². The zero-order valence-corrected chi connectivity index (χ0v) is 15.0. The summed E-state index contributed by atoms with van der Waals surface area (Å²) in [5.74, 6) is -0.533. The highest BCUT2D eigenvalue weighted by Gasteiger charge is 2.16. The first-order valence-corrected chi connectivity index (χ1v) is 8.41. The highest BCUT2D eigenvalue weighted by Crippen LogP contribution is 2.22. The number of halogens is 2. The summed E-state index contributed by atoms with van der Waals surface area (Å²) in [6, 6.07) is 13.4. The van der Waals surface area contributed by atoms with Gasteiger partial charge in [0.1, 0.15) is 0 Å². The molecule has 2 aromatic carbocycles. The van der Waals surface area contributed by atoms with Crippen LogP contribution in [-0.4, -0.2) is 5.91 Å². The first kappa shape index (κ1) is 16.7. The lowest BCUT2D eigenvalue weighted by molar-refractivity contribution is 0.0912. The number of hydrogen-bond acceptors (Lipinski definition) is 3. The molecule has 3 aromatic rings. The monoisotopic (exact) mass is 405 g/mol. The Morgan fingerprint density at radius 2 is 1.92 bits per heavy atom. The Kier molecular flexibility index (Phi) is 4.73. The molecule has 6 heteroatoms. The van der Waals surface area contributed by atoms with E-state index < -0.39 is 5.91 Å². The average Bonchev–Trinajstić information content (AvgIpc) is 2.56. The van der Waals surface area contributed by atoms with Crippen molar-refractivity contribution in [3.63, 3.8) is 0 Å². The van der Waals surface area contributed by atoms with Gasteiger partial charge in [0.2, 0.25) is 0 Å². The van der Waals surface area contributed by atoms with E-state index >= 15 is 0 Å². The molecule has 4 nitrogen and oxygen atoms in total. The van der Waals surface area contributed by atoms with Crippen LogP contribution in [0.4, 0.5) is 0 Å². The van der Waals surface area contributed by atoms with E-state index in [0.29, 0.717) is 10.4 Å². The highest BCUT2D eigenvalue weighted by molar-refractivity contribution is 9.10. The molecule has 0 bridgehead atoms. The van der Waals surface area contributed by atoms with E-state index in [9.17, 15) is 9.59 Å². The Hall–Kier alpha value is -2.11. The number of nitrogens with one attached hydrogen (secondary N) is 1. The fraction of sp³-hybridized carbons (Fsp3) is 0.111. The van der Waals surface area contributed by atoms with Gasteiger partial charge in [0.15, 0.2) is 16.8 Å². The van der Waals surface area contributed by atoms with Crippen LogP contribution in [0.3, 0.4) is 0 Å². The van der Waals surface area contributed by atoms with Crippen molar-refractivity contribution in [2.24, 2.45) is 0 Å². The molecule has 0 saturated carbocycles. The van der Waals surface area contributed by atoms with Gasteiger partial charge < -0.3 is 9.73 Å². The Bertz CT molecular complexity index is 966. The van der Waals surface area contributed by atoms with Crippen LogP contribution in [0.5, 0.6) is 0 Å². The van der Waals surface area contributed by atoms with Crippen LogP contribution in [-0.2, 0) is 0 Å². The predicted octanol–water partition coefficient (Wildman–Crippen LogP) is 4.70. The SMILES string of the molecule is CC(NC(=O)c1cc(=O)c2cccc(Cl)c2o1)c1ccc(Br)cc1. The zero-order valence-electron chi connectivity index (χ0n) is 12.7. The number of benzene rings is 2. The van der Waals surface area contributed by atoms with Crippen LogP contribution in [0, 0.1) is 0 Å². The van der Waals surface area contributed by atoms with Gasteiger partial charge in [-0.3, -0.25) is 9.59 Å². The van der Waals surface area contributed by atoms with Gasteiger partial charge in [-0.05, 0) is 36.8 Å². The third-order valence-corrected chi connectivity index (χ3v) is 4.47. The molecular formula is C18H13BrClNO3. The first-order valence-electron chi connectivity index (χ1n) is 7.24. The molecule has 122 valence electrons. The van der Waals surface area contributed by atoms with E-state index in [0.717, 1.165) is 10.0 Å². The van der Waals surface area contributed by atoms with Crippen molar-refractivity contribution in [3.8, 4) is 0 Å². The second kappa shape index (κ2) is 6.79. The van der Waals surface area contributed by atoms with Gasteiger partial charge in [-0.25, -0.2) is 0 Å². The Morgan fingerprint density at radius 3 is 2.62 bits per heavy atom. The maximum Gasteiger partial charge on any atom is 0.287 e. The molecule has 0 saturated heterocycles. The molecule has 3 rings (SSSR count). The van der Waals surface area contributed by atoms with Crippen molar-refractivity contribution in [3.05, 3.63) is 79.6 Å². The molecule has 0 radical (unpaired) electrons. The lowest BCUT2D eigenvalue weighted by Gasteiger charge is -2.14. The van der Waals surface area contributed by atoms with E-state index in [4.69, 9.17) is 16.0 Å². The summed E-state index contributed by atoms with van der Waals surface area (Å²) in [6.07, 6.45) is 0. The fourth-order valence-electron chi connectivity index (χ4n) is 2.36. The predicted molar refractivity (Wildman–Crippen MR) is 97.5 cm³/mol. The van der Waals surface area contributed by atoms with Gasteiger partial charge in [-0.1, -0.05) is 45.7 Å². The first-order chi connectivity index (χ1) is 11.5. The van der Waals surface area contributed by atoms with Gasteiger partial charge in [-0.15, -0.1) is 0 Å². The fourth-order valence-corrected chi connectivity index (χ4v) is 2.83. The molecule has 0 aliphatic rings. The normalized spacial score (nSPS) is 12.1. The van der Waals surface area contributed by atoms with Crippen LogP contribution in [0.1, 0.15) is 29.1 Å². The minimum absolute atomic E-state index is 0.0652. The zero-order chi connectivity index (χ0) is 17.3. The highest BCUT2D eigenvalue weighted by atomic mass is 79.9. The number of rotatable bonds is 3. The largest absolute Gasteiger partial charge is 0.449 e. The summed E-state index contributed by atoms with van der Waals surface area (Å²) in [5.41, 5.74) is 0.848. The lowest BCUT2D eigenvalue weighted by atomic mass is 10.1. The molecule has 1 aromatic heterocycles. The topological polar surface area (TPSA) is 59.3 Å². The van der Waals surface area contributed by atoms with E-state index in [2.05, 4.69) is 21.2 Å². The second-order valence-corrected chi connectivity index (χ2v) is 6.66. The molecule has 1 atom stereocenters. The van der Waals surface area contributed by atoms with Crippen molar-refractivity contribution in [1.82, 2.24) is 5.32 Å². The molecular weight excluding hydrogens is 394 g/mol. The number of fused-ring (bicyclic) bond motifs is 1. The standard InChI is InChI=1S/C18H13BrClNO3/c1-10(11-5-7-12(19)8-6-11)21-18(23)16-9-15(22)13-3-2-4-14(20)17(13)24-16/h2-10H,1H3,(H,21,23). The molecule has 1 unspecified atom stereocenters. The van der Waals surface area contributed by atoms with Crippen LogP contribution >= 0.6 is 27.5 Å². The minimum Gasteiger partial charge on any atom is -0.449 e. The lowest BCUT2D eigenvalue weighted by Crippen LogP contribution is -2.27. The van der Waals surface area contributed by atoms with Crippen molar-refractivity contribution in [1.29, 1.82) is 0 Å². The summed E-state index contributed by atoms with van der Waals surface area (Å²) in [4.78, 5) is 24.6. The van der Waals surface area contributed by atoms with Crippen LogP contribution in [0.25, 0.3) is 11.0 Å². The molecule has 1 N–H and O–H groups in total. The van der Waals surface area contributed by atoms with Gasteiger partial charge in [0.25, 0.3) is 5.91 Å². The Balaban J connectivity index is 1.90. The van der Waals surface area contributed by atoms with Crippen molar-refractivity contribution >= 4 is 44.4 Å². The quantitative estimate of drug-likeness (QED) is 0.686. The molecule has 0 aliphatic heterocycles. The summed E-state index contributed by atoms with van der Waals surface area (Å²) in [7, 11) is 0. The smallest absolute Gasteiger partial charge is 0.287 e. The van der Waals surface area contributed by atoms with Crippen molar-refractivity contribution in [2.75, 3.05) is 0 Å². The Morgan fingerprint density at radius 1 is 1.21 bits per heavy atom. The molecule has 1 heterocycles. The number of hydrogen-bond donors (Lipinski definition) is 1. The summed E-state index contributed by atoms with van der Waals surface area (Å²) in [6.45, 7) is 1.85. The van der Waals surface area contributed by atoms with Gasteiger partial charge in [0.05, 0.1) is 16.5 Å². The van der Waals surface area contributed by atoms with Gasteiger partial charge >= 0.3 is 0 Å². The molecule has 0 spiro atoms. The van der Waals surface area contributed by atoms with E-state index in [1.807, 2.05) is 31.2 Å². The minimum atomic E-state index is -0.468. The molecule has 0 fully saturated rings. The molecule has 0 aliphatic carbocycles. The Labute approximate surface area is 151 Å². The summed E-state index contributed by atoms with van der Waals surface area (Å²) in [5, 5.41) is 3.45. The van der Waals surface area contributed by atoms with E-state index in [-0.39, 0.29) is 22.8 Å². The van der Waals surface area contributed by atoms with Crippen molar-refractivity contribution < 1.29 is 9.21 Å². The third kappa shape index (κ3) is 3.37. The second-order valence-electron chi connectivity index (χ2n) is 5.34. The maximum absolute atomic E-state index is 12.4. The van der Waals surface area contributed by atoms with Crippen molar-refractivity contribution in [2.45, 2.75) is 13.0 Å². The van der Waals surface area contributed by atoms with Crippen LogP contribution < -0.4 is 10.7 Å². The average molecular weight is 407 g/mol. The number of amides is 1. The molecule has 24 heavy (non-hydrogen) atoms. The van der Waals surface area contributed by atoms with Crippen LogP contribution in [0.2, 0.25) is 5.02 Å². The van der Waals surface area contributed by atoms with Gasteiger partial charge in [-0.2, -0.15) is 0 Å². The van der Waals surface area contributed by atoms with Gasteiger partial charge in [0, 0.05) is 10.5 Å². The van der Waals surface area contributed by atoms with Crippen LogP contribution in [0.15, 0.2) is 62.2 Å². The summed E-state index contributed by atoms with van der Waals surface area (Å²) < 4.78 is 6.50. The number of carbonyl (C=O) groups is 1. The maximum atomic E-state index is 12.4. The third-order valence-electron chi connectivity index (χ3n) is 3.65. The molecule has 1 amide bonds. The summed E-state index contributed by atoms with van der Waals surface area (Å²) >= 11 is 9.42. The van der Waals surface area contributed by atoms with E-state index in [1.165, 1.54) is 6.07 Å². The number of para-hydroxylation sites is 1.